The number of carbonyl (C=O) groups is 1. The van der Waals surface area contributed by atoms with Gasteiger partial charge >= 0.3 is 5.97 Å². The second-order valence-corrected chi connectivity index (χ2v) is 7.38. The molecular weight excluding hydrogens is 430 g/mol. The van der Waals surface area contributed by atoms with Gasteiger partial charge in [0.05, 0.1) is 24.2 Å². The molecule has 0 radical (unpaired) electrons. The Bertz CT molecular complexity index is 1400. The van der Waals surface area contributed by atoms with Crippen molar-refractivity contribution in [1.82, 2.24) is 14.5 Å². The molecule has 0 bridgehead atoms. The van der Waals surface area contributed by atoms with E-state index in [4.69, 9.17) is 22.1 Å². The molecule has 0 saturated carbocycles. The summed E-state index contributed by atoms with van der Waals surface area (Å²) in [5.74, 6) is -0.388. The van der Waals surface area contributed by atoms with Gasteiger partial charge < -0.3 is 15.5 Å². The van der Waals surface area contributed by atoms with Gasteiger partial charge in [-0.25, -0.2) is 9.78 Å². The number of ether oxygens (including phenoxy) is 1. The number of rotatable bonds is 5. The molecule has 2 aromatic heterocycles. The fourth-order valence-corrected chi connectivity index (χ4v) is 3.67. The summed E-state index contributed by atoms with van der Waals surface area (Å²) < 4.78 is 6.35. The minimum Gasteiger partial charge on any atom is -0.462 e. The standard InChI is InChI=1S/C23H18ClN5O3/c1-2-32-23(31)20-19(13-7-9-14(24)10-8-13)15(11-25)22(30)29(21(20)26)12-18-27-16-5-3-4-6-17(16)28-18/h3-10H,2,12,26H2,1H3,(H,27,28). The molecular formula is C23H18ClN5O3. The number of benzene rings is 2. The number of nitrogen functional groups attached to an aromatic ring is 1. The van der Waals surface area contributed by atoms with Crippen LogP contribution in [0.15, 0.2) is 53.3 Å². The van der Waals surface area contributed by atoms with Crippen molar-refractivity contribution in [3.05, 3.63) is 80.9 Å². The Morgan fingerprint density at radius 1 is 1.25 bits per heavy atom. The van der Waals surface area contributed by atoms with Gasteiger partial charge in [0.15, 0.2) is 0 Å². The molecule has 0 amide bonds. The lowest BCUT2D eigenvalue weighted by molar-refractivity contribution is 0.0527. The van der Waals surface area contributed by atoms with Crippen LogP contribution in [-0.4, -0.2) is 27.1 Å². The minimum atomic E-state index is -0.732. The van der Waals surface area contributed by atoms with Crippen LogP contribution < -0.4 is 11.3 Å². The van der Waals surface area contributed by atoms with Crippen LogP contribution in [0.1, 0.15) is 28.7 Å². The number of nitrogens with one attached hydrogen (secondary N) is 1. The SMILES string of the molecule is CCOC(=O)c1c(-c2ccc(Cl)cc2)c(C#N)c(=O)n(Cc2nc3ccccc3[nH]2)c1N. The number of para-hydroxylation sites is 2. The van der Waals surface area contributed by atoms with Crippen molar-refractivity contribution >= 4 is 34.4 Å². The van der Waals surface area contributed by atoms with Crippen LogP contribution in [0.25, 0.3) is 22.2 Å². The zero-order valence-corrected chi connectivity index (χ0v) is 17.8. The largest absolute Gasteiger partial charge is 0.462 e. The van der Waals surface area contributed by atoms with Crippen molar-refractivity contribution in [3.63, 3.8) is 0 Å². The van der Waals surface area contributed by atoms with E-state index in [1.165, 1.54) is 0 Å². The van der Waals surface area contributed by atoms with Crippen molar-refractivity contribution in [2.75, 3.05) is 12.3 Å². The molecule has 9 heteroatoms. The van der Waals surface area contributed by atoms with Crippen LogP contribution in [0.4, 0.5) is 5.82 Å². The topological polar surface area (TPSA) is 127 Å². The molecule has 0 aliphatic carbocycles. The molecule has 0 saturated heterocycles. The van der Waals surface area contributed by atoms with Crippen LogP contribution >= 0.6 is 11.6 Å². The van der Waals surface area contributed by atoms with Gasteiger partial charge in [-0.2, -0.15) is 5.26 Å². The third-order valence-electron chi connectivity index (χ3n) is 4.98. The number of H-pyrrole nitrogens is 1. The van der Waals surface area contributed by atoms with Gasteiger partial charge in [0.1, 0.15) is 28.8 Å². The average Bonchev–Trinajstić information content (AvgIpc) is 3.19. The number of halogens is 1. The molecule has 32 heavy (non-hydrogen) atoms. The van der Waals surface area contributed by atoms with E-state index in [1.807, 2.05) is 30.3 Å². The molecule has 0 aliphatic rings. The molecule has 0 fully saturated rings. The van der Waals surface area contributed by atoms with E-state index in [0.717, 1.165) is 15.6 Å². The van der Waals surface area contributed by atoms with Crippen LogP contribution in [-0.2, 0) is 11.3 Å². The first-order valence-corrected chi connectivity index (χ1v) is 10.2. The quantitative estimate of drug-likeness (QED) is 0.449. The van der Waals surface area contributed by atoms with E-state index in [0.29, 0.717) is 16.4 Å². The summed E-state index contributed by atoms with van der Waals surface area (Å²) in [4.78, 5) is 33.7. The van der Waals surface area contributed by atoms with E-state index in [-0.39, 0.29) is 35.7 Å². The summed E-state index contributed by atoms with van der Waals surface area (Å²) in [7, 11) is 0. The molecule has 0 spiro atoms. The first-order chi connectivity index (χ1) is 15.4. The van der Waals surface area contributed by atoms with Gasteiger partial charge in [-0.15, -0.1) is 0 Å². The van der Waals surface area contributed by atoms with E-state index < -0.39 is 11.5 Å². The molecule has 2 aromatic carbocycles. The Labute approximate surface area is 187 Å². The molecule has 0 atom stereocenters. The Morgan fingerprint density at radius 3 is 2.62 bits per heavy atom. The Kier molecular flexibility index (Phi) is 5.67. The van der Waals surface area contributed by atoms with E-state index >= 15 is 0 Å². The maximum atomic E-state index is 13.3. The number of hydrogen-bond donors (Lipinski definition) is 2. The maximum absolute atomic E-state index is 13.3. The van der Waals surface area contributed by atoms with Crippen LogP contribution in [0.3, 0.4) is 0 Å². The molecule has 0 aliphatic heterocycles. The number of imidazole rings is 1. The van der Waals surface area contributed by atoms with E-state index in [1.54, 1.807) is 31.2 Å². The van der Waals surface area contributed by atoms with Crippen molar-refractivity contribution in [1.29, 1.82) is 5.26 Å². The molecule has 4 rings (SSSR count). The number of nitrogens with zero attached hydrogens (tertiary/aromatic N) is 3. The van der Waals surface area contributed by atoms with Crippen LogP contribution in [0, 0.1) is 11.3 Å². The van der Waals surface area contributed by atoms with Gasteiger partial charge in [0, 0.05) is 10.6 Å². The number of aromatic amines is 1. The zero-order valence-electron chi connectivity index (χ0n) is 17.1. The highest BCUT2D eigenvalue weighted by atomic mass is 35.5. The minimum absolute atomic E-state index is 0.0542. The predicted octanol–water partition coefficient (Wildman–Crippen LogP) is 3.72. The van der Waals surface area contributed by atoms with Gasteiger partial charge in [-0.3, -0.25) is 9.36 Å². The summed E-state index contributed by atoms with van der Waals surface area (Å²) >= 11 is 5.98. The molecule has 3 N–H and O–H groups in total. The lowest BCUT2D eigenvalue weighted by Crippen LogP contribution is -2.30. The van der Waals surface area contributed by atoms with Gasteiger partial charge in [0.25, 0.3) is 5.56 Å². The number of esters is 1. The number of pyridine rings is 1. The number of anilines is 1. The third kappa shape index (κ3) is 3.70. The maximum Gasteiger partial charge on any atom is 0.342 e. The summed E-state index contributed by atoms with van der Waals surface area (Å²) in [6.45, 7) is 1.70. The summed E-state index contributed by atoms with van der Waals surface area (Å²) in [5, 5.41) is 10.3. The van der Waals surface area contributed by atoms with Crippen molar-refractivity contribution in [2.45, 2.75) is 13.5 Å². The second-order valence-electron chi connectivity index (χ2n) is 6.94. The third-order valence-corrected chi connectivity index (χ3v) is 5.23. The zero-order chi connectivity index (χ0) is 22.8. The Morgan fingerprint density at radius 2 is 1.97 bits per heavy atom. The molecule has 160 valence electrons. The predicted molar refractivity (Wildman–Crippen MR) is 121 cm³/mol. The fraction of sp³-hybridized carbons (Fsp3) is 0.130. The monoisotopic (exact) mass is 447 g/mol. The smallest absolute Gasteiger partial charge is 0.342 e. The van der Waals surface area contributed by atoms with Crippen LogP contribution in [0.5, 0.6) is 0 Å². The molecule has 8 nitrogen and oxygen atoms in total. The summed E-state index contributed by atoms with van der Waals surface area (Å²) in [5.41, 5.74) is 7.50. The van der Waals surface area contributed by atoms with Gasteiger partial charge in [-0.05, 0) is 36.8 Å². The van der Waals surface area contributed by atoms with Crippen molar-refractivity contribution in [2.24, 2.45) is 0 Å². The Balaban J connectivity index is 1.96. The molecule has 0 unspecified atom stereocenters. The second kappa shape index (κ2) is 8.57. The summed E-state index contributed by atoms with van der Waals surface area (Å²) in [6.07, 6.45) is 0. The van der Waals surface area contributed by atoms with Gasteiger partial charge in [-0.1, -0.05) is 35.9 Å². The number of carbonyl (C=O) groups excluding carboxylic acids is 1. The first kappa shape index (κ1) is 21.2. The highest BCUT2D eigenvalue weighted by Crippen LogP contribution is 2.31. The van der Waals surface area contributed by atoms with Crippen molar-refractivity contribution < 1.29 is 9.53 Å². The van der Waals surface area contributed by atoms with Gasteiger partial charge in [0.2, 0.25) is 0 Å². The van der Waals surface area contributed by atoms with Crippen LogP contribution in [0.2, 0.25) is 5.02 Å². The highest BCUT2D eigenvalue weighted by molar-refractivity contribution is 6.30. The highest BCUT2D eigenvalue weighted by Gasteiger charge is 2.27. The number of aromatic nitrogens is 3. The van der Waals surface area contributed by atoms with E-state index in [2.05, 4.69) is 9.97 Å². The number of nitriles is 1. The normalized spacial score (nSPS) is 10.8. The lowest BCUT2D eigenvalue weighted by Gasteiger charge is -2.18. The van der Waals surface area contributed by atoms with E-state index in [9.17, 15) is 14.9 Å². The average molecular weight is 448 g/mol. The Hall–Kier alpha value is -4.09. The number of hydrogen-bond acceptors (Lipinski definition) is 6. The summed E-state index contributed by atoms with van der Waals surface area (Å²) in [6, 6.07) is 15.8. The van der Waals surface area contributed by atoms with Crippen molar-refractivity contribution in [3.8, 4) is 17.2 Å². The fourth-order valence-electron chi connectivity index (χ4n) is 3.55. The first-order valence-electron chi connectivity index (χ1n) is 9.77. The molecule has 2 heterocycles. The lowest BCUT2D eigenvalue weighted by atomic mass is 9.95. The molecule has 4 aromatic rings. The number of fused-ring (bicyclic) bond motifs is 1. The number of nitrogens with two attached hydrogens (primary N) is 1.